The Hall–Kier alpha value is -1.23. The van der Waals surface area contributed by atoms with Gasteiger partial charge in [0.05, 0.1) is 5.69 Å². The summed E-state index contributed by atoms with van der Waals surface area (Å²) in [5.74, 6) is 0.191. The standard InChI is InChI=1S/C14H23FN4/c1-3-12-13(15)14(18-9-17-12)19(4-2)11-7-5-10(16)6-8-11/h9-11H,3-8,16H2,1-2H3. The molecular weight excluding hydrogens is 243 g/mol. The van der Waals surface area contributed by atoms with Gasteiger partial charge in [0.25, 0.3) is 0 Å². The van der Waals surface area contributed by atoms with Gasteiger partial charge in [0.2, 0.25) is 0 Å². The zero-order chi connectivity index (χ0) is 13.8. The predicted octanol–water partition coefficient (Wildman–Crippen LogP) is 2.27. The molecule has 1 aromatic rings. The molecule has 0 bridgehead atoms. The molecular formula is C14H23FN4. The highest BCUT2D eigenvalue weighted by molar-refractivity contribution is 5.42. The topological polar surface area (TPSA) is 55.0 Å². The van der Waals surface area contributed by atoms with Gasteiger partial charge in [0.15, 0.2) is 11.6 Å². The van der Waals surface area contributed by atoms with Crippen molar-refractivity contribution in [1.82, 2.24) is 9.97 Å². The summed E-state index contributed by atoms with van der Waals surface area (Å²) in [4.78, 5) is 10.2. The van der Waals surface area contributed by atoms with E-state index < -0.39 is 0 Å². The number of hydrogen-bond donors (Lipinski definition) is 1. The van der Waals surface area contributed by atoms with Crippen LogP contribution in [0.3, 0.4) is 0 Å². The smallest absolute Gasteiger partial charge is 0.187 e. The van der Waals surface area contributed by atoms with Crippen molar-refractivity contribution < 1.29 is 4.39 Å². The molecule has 1 heterocycles. The van der Waals surface area contributed by atoms with Crippen LogP contribution in [0, 0.1) is 5.82 Å². The van der Waals surface area contributed by atoms with Gasteiger partial charge in [-0.2, -0.15) is 0 Å². The second kappa shape index (κ2) is 6.28. The third-order valence-corrected chi connectivity index (χ3v) is 3.97. The summed E-state index contributed by atoms with van der Waals surface area (Å²) >= 11 is 0. The fourth-order valence-corrected chi connectivity index (χ4v) is 2.84. The minimum absolute atomic E-state index is 0.262. The summed E-state index contributed by atoms with van der Waals surface area (Å²) in [5, 5.41) is 0. The minimum Gasteiger partial charge on any atom is -0.351 e. The number of halogens is 1. The van der Waals surface area contributed by atoms with Crippen LogP contribution >= 0.6 is 0 Å². The van der Waals surface area contributed by atoms with Crippen LogP contribution < -0.4 is 10.6 Å². The maximum atomic E-state index is 14.4. The molecule has 0 amide bonds. The molecule has 1 aliphatic carbocycles. The Bertz CT molecular complexity index is 416. The number of hydrogen-bond acceptors (Lipinski definition) is 4. The Labute approximate surface area is 114 Å². The summed E-state index contributed by atoms with van der Waals surface area (Å²) in [6.45, 7) is 4.71. The van der Waals surface area contributed by atoms with Crippen LogP contribution in [0.4, 0.5) is 10.2 Å². The molecule has 0 saturated heterocycles. The second-order valence-corrected chi connectivity index (χ2v) is 5.17. The predicted molar refractivity (Wildman–Crippen MR) is 74.6 cm³/mol. The number of nitrogens with two attached hydrogens (primary N) is 1. The molecule has 1 aromatic heterocycles. The van der Waals surface area contributed by atoms with Gasteiger partial charge in [-0.3, -0.25) is 0 Å². The Kier molecular flexibility index (Phi) is 4.69. The number of nitrogens with zero attached hydrogens (tertiary/aromatic N) is 3. The lowest BCUT2D eigenvalue weighted by atomic mass is 9.90. The van der Waals surface area contributed by atoms with E-state index in [1.165, 1.54) is 6.33 Å². The summed E-state index contributed by atoms with van der Waals surface area (Å²) < 4.78 is 14.4. The van der Waals surface area contributed by atoms with Gasteiger partial charge in [0.1, 0.15) is 6.33 Å². The number of aryl methyl sites for hydroxylation is 1. The van der Waals surface area contributed by atoms with E-state index in [4.69, 9.17) is 5.73 Å². The molecule has 0 aliphatic heterocycles. The van der Waals surface area contributed by atoms with E-state index in [0.717, 1.165) is 32.2 Å². The van der Waals surface area contributed by atoms with Crippen molar-refractivity contribution in [3.63, 3.8) is 0 Å². The first-order valence-electron chi connectivity index (χ1n) is 7.18. The Balaban J connectivity index is 2.22. The largest absolute Gasteiger partial charge is 0.351 e. The van der Waals surface area contributed by atoms with Gasteiger partial charge >= 0.3 is 0 Å². The fraction of sp³-hybridized carbons (Fsp3) is 0.714. The lowest BCUT2D eigenvalue weighted by Crippen LogP contribution is -2.41. The molecule has 0 radical (unpaired) electrons. The van der Waals surface area contributed by atoms with E-state index in [-0.39, 0.29) is 5.82 Å². The first kappa shape index (κ1) is 14.2. The lowest BCUT2D eigenvalue weighted by molar-refractivity contribution is 0.374. The monoisotopic (exact) mass is 266 g/mol. The van der Waals surface area contributed by atoms with E-state index in [1.54, 1.807) is 0 Å². The quantitative estimate of drug-likeness (QED) is 0.908. The molecule has 1 fully saturated rings. The van der Waals surface area contributed by atoms with Gasteiger partial charge in [-0.05, 0) is 39.0 Å². The minimum atomic E-state index is -0.262. The highest BCUT2D eigenvalue weighted by Crippen LogP contribution is 2.27. The van der Waals surface area contributed by atoms with Crippen molar-refractivity contribution in [1.29, 1.82) is 0 Å². The average molecular weight is 266 g/mol. The third-order valence-electron chi connectivity index (χ3n) is 3.97. The van der Waals surface area contributed by atoms with Gasteiger partial charge in [-0.15, -0.1) is 0 Å². The molecule has 0 spiro atoms. The Morgan fingerprint density at radius 2 is 1.95 bits per heavy atom. The van der Waals surface area contributed by atoms with Crippen LogP contribution in [-0.2, 0) is 6.42 Å². The van der Waals surface area contributed by atoms with Crippen LogP contribution in [0.25, 0.3) is 0 Å². The van der Waals surface area contributed by atoms with Gasteiger partial charge < -0.3 is 10.6 Å². The Morgan fingerprint density at radius 1 is 1.26 bits per heavy atom. The van der Waals surface area contributed by atoms with E-state index in [1.807, 2.05) is 13.8 Å². The summed E-state index contributed by atoms with van der Waals surface area (Å²) in [5.41, 5.74) is 6.43. The molecule has 1 saturated carbocycles. The summed E-state index contributed by atoms with van der Waals surface area (Å²) in [6.07, 6.45) is 6.10. The molecule has 4 nitrogen and oxygen atoms in total. The second-order valence-electron chi connectivity index (χ2n) is 5.17. The van der Waals surface area contributed by atoms with Crippen molar-refractivity contribution in [3.05, 3.63) is 17.8 Å². The summed E-state index contributed by atoms with van der Waals surface area (Å²) in [7, 11) is 0. The molecule has 5 heteroatoms. The van der Waals surface area contributed by atoms with Crippen LogP contribution in [0.1, 0.15) is 45.2 Å². The summed E-state index contributed by atoms with van der Waals surface area (Å²) in [6, 6.07) is 0.648. The normalized spacial score (nSPS) is 23.4. The van der Waals surface area contributed by atoms with Crippen molar-refractivity contribution in [2.45, 2.75) is 58.0 Å². The van der Waals surface area contributed by atoms with E-state index in [0.29, 0.717) is 30.0 Å². The zero-order valence-electron chi connectivity index (χ0n) is 11.8. The van der Waals surface area contributed by atoms with Crippen LogP contribution in [-0.4, -0.2) is 28.6 Å². The molecule has 19 heavy (non-hydrogen) atoms. The molecule has 106 valence electrons. The van der Waals surface area contributed by atoms with Crippen molar-refractivity contribution in [2.75, 3.05) is 11.4 Å². The number of anilines is 1. The lowest BCUT2D eigenvalue weighted by Gasteiger charge is -2.36. The van der Waals surface area contributed by atoms with Crippen LogP contribution in [0.5, 0.6) is 0 Å². The van der Waals surface area contributed by atoms with E-state index in [9.17, 15) is 4.39 Å². The van der Waals surface area contributed by atoms with Gasteiger partial charge in [-0.1, -0.05) is 6.92 Å². The van der Waals surface area contributed by atoms with E-state index in [2.05, 4.69) is 14.9 Å². The van der Waals surface area contributed by atoms with Crippen LogP contribution in [0.15, 0.2) is 6.33 Å². The first-order chi connectivity index (χ1) is 9.17. The zero-order valence-corrected chi connectivity index (χ0v) is 11.8. The highest BCUT2D eigenvalue weighted by Gasteiger charge is 2.26. The van der Waals surface area contributed by atoms with Crippen molar-refractivity contribution >= 4 is 5.82 Å². The number of rotatable bonds is 4. The molecule has 1 aliphatic rings. The highest BCUT2D eigenvalue weighted by atomic mass is 19.1. The molecule has 0 unspecified atom stereocenters. The van der Waals surface area contributed by atoms with Gasteiger partial charge in [0, 0.05) is 18.6 Å². The fourth-order valence-electron chi connectivity index (χ4n) is 2.84. The molecule has 2 N–H and O–H groups in total. The van der Waals surface area contributed by atoms with E-state index >= 15 is 0 Å². The SMILES string of the molecule is CCc1ncnc(N(CC)C2CCC(N)CC2)c1F. The van der Waals surface area contributed by atoms with Crippen molar-refractivity contribution in [2.24, 2.45) is 5.73 Å². The molecule has 0 aromatic carbocycles. The van der Waals surface area contributed by atoms with Crippen molar-refractivity contribution in [3.8, 4) is 0 Å². The third kappa shape index (κ3) is 3.03. The first-order valence-corrected chi connectivity index (χ1v) is 7.18. The van der Waals surface area contributed by atoms with Crippen LogP contribution in [0.2, 0.25) is 0 Å². The Morgan fingerprint density at radius 3 is 2.53 bits per heavy atom. The van der Waals surface area contributed by atoms with Gasteiger partial charge in [-0.25, -0.2) is 14.4 Å². The number of aromatic nitrogens is 2. The maximum Gasteiger partial charge on any atom is 0.187 e. The average Bonchev–Trinajstić information content (AvgIpc) is 2.43. The molecule has 0 atom stereocenters. The molecule has 2 rings (SSSR count). The maximum absolute atomic E-state index is 14.4.